The summed E-state index contributed by atoms with van der Waals surface area (Å²) < 4.78 is 12.9. The van der Waals surface area contributed by atoms with E-state index in [2.05, 4.69) is 27.3 Å². The molecule has 116 valence electrons. The minimum absolute atomic E-state index is 0.357. The van der Waals surface area contributed by atoms with Crippen LogP contribution in [-0.4, -0.2) is 25.8 Å². The lowest BCUT2D eigenvalue weighted by Crippen LogP contribution is -2.24. The first-order valence-corrected chi connectivity index (χ1v) is 8.82. The summed E-state index contributed by atoms with van der Waals surface area (Å²) in [5.74, 6) is 1.81. The number of methoxy groups -OCH3 is 1. The molecule has 1 aromatic carbocycles. The van der Waals surface area contributed by atoms with Crippen LogP contribution >= 0.6 is 15.9 Å². The molecule has 3 nitrogen and oxygen atoms in total. The summed E-state index contributed by atoms with van der Waals surface area (Å²) in [7, 11) is 1.72. The maximum atomic E-state index is 6.32. The topological polar surface area (TPSA) is 30.5 Å². The maximum absolute atomic E-state index is 6.32. The van der Waals surface area contributed by atoms with Crippen LogP contribution in [0.4, 0.5) is 0 Å². The Kier molecular flexibility index (Phi) is 5.07. The average Bonchev–Trinajstić information content (AvgIpc) is 3.14. The Morgan fingerprint density at radius 3 is 2.67 bits per heavy atom. The smallest absolute Gasteiger partial charge is 0.164 e. The van der Waals surface area contributed by atoms with E-state index in [1.807, 2.05) is 6.07 Å². The number of benzene rings is 1. The van der Waals surface area contributed by atoms with Gasteiger partial charge in [0, 0.05) is 16.1 Å². The van der Waals surface area contributed by atoms with Gasteiger partial charge in [0.05, 0.1) is 13.2 Å². The molecule has 0 spiro atoms. The third-order valence-electron chi connectivity index (χ3n) is 4.53. The second-order valence-electron chi connectivity index (χ2n) is 6.12. The van der Waals surface area contributed by atoms with Crippen LogP contribution in [0.1, 0.15) is 44.1 Å². The normalized spacial score (nSPS) is 22.7. The van der Waals surface area contributed by atoms with Crippen molar-refractivity contribution in [1.82, 2.24) is 5.32 Å². The number of hydrogen-bond donors (Lipinski definition) is 1. The van der Waals surface area contributed by atoms with Crippen LogP contribution in [0.2, 0.25) is 0 Å². The zero-order valence-corrected chi connectivity index (χ0v) is 14.2. The van der Waals surface area contributed by atoms with Gasteiger partial charge in [0.15, 0.2) is 11.5 Å². The van der Waals surface area contributed by atoms with Crippen LogP contribution in [0, 0.1) is 0 Å². The molecular formula is C17H24BrNO2. The molecule has 1 heterocycles. The minimum atomic E-state index is 0.357. The van der Waals surface area contributed by atoms with Gasteiger partial charge in [0.1, 0.15) is 0 Å². The van der Waals surface area contributed by atoms with Crippen LogP contribution in [0.3, 0.4) is 0 Å². The van der Waals surface area contributed by atoms with Crippen LogP contribution in [-0.2, 0) is 6.42 Å². The first kappa shape index (κ1) is 15.2. The van der Waals surface area contributed by atoms with Crippen molar-refractivity contribution in [3.8, 4) is 11.5 Å². The van der Waals surface area contributed by atoms with E-state index >= 15 is 0 Å². The van der Waals surface area contributed by atoms with Gasteiger partial charge in [-0.25, -0.2) is 0 Å². The van der Waals surface area contributed by atoms with E-state index < -0.39 is 0 Å². The van der Waals surface area contributed by atoms with E-state index in [1.54, 1.807) is 7.11 Å². The molecule has 0 radical (unpaired) electrons. The lowest BCUT2D eigenvalue weighted by molar-refractivity contribution is 0.198. The van der Waals surface area contributed by atoms with Crippen molar-refractivity contribution in [1.29, 1.82) is 0 Å². The highest BCUT2D eigenvalue weighted by atomic mass is 79.9. The summed E-state index contributed by atoms with van der Waals surface area (Å²) in [4.78, 5) is 0. The van der Waals surface area contributed by atoms with Crippen molar-refractivity contribution >= 4 is 15.9 Å². The first-order valence-electron chi connectivity index (χ1n) is 8.02. The second-order valence-corrected chi connectivity index (χ2v) is 7.03. The summed E-state index contributed by atoms with van der Waals surface area (Å²) in [5.41, 5.74) is 1.26. The Hall–Kier alpha value is -0.740. The largest absolute Gasteiger partial charge is 0.493 e. The number of rotatable bonds is 5. The van der Waals surface area contributed by atoms with Gasteiger partial charge in [-0.3, -0.25) is 0 Å². The van der Waals surface area contributed by atoms with Gasteiger partial charge in [-0.1, -0.05) is 15.9 Å². The molecule has 0 amide bonds. The minimum Gasteiger partial charge on any atom is -0.493 e. The Bertz CT molecular complexity index is 480. The van der Waals surface area contributed by atoms with E-state index in [0.717, 1.165) is 28.9 Å². The maximum Gasteiger partial charge on any atom is 0.164 e. The molecule has 1 aliphatic heterocycles. The number of nitrogens with one attached hydrogen (secondary N) is 1. The van der Waals surface area contributed by atoms with Crippen LogP contribution in [0.25, 0.3) is 0 Å². The molecular weight excluding hydrogens is 330 g/mol. The third kappa shape index (κ3) is 3.72. The van der Waals surface area contributed by atoms with Gasteiger partial charge >= 0.3 is 0 Å². The van der Waals surface area contributed by atoms with Crippen molar-refractivity contribution in [3.63, 3.8) is 0 Å². The molecule has 21 heavy (non-hydrogen) atoms. The van der Waals surface area contributed by atoms with Crippen LogP contribution < -0.4 is 14.8 Å². The molecule has 1 aromatic rings. The molecule has 0 aromatic heterocycles. The fourth-order valence-electron chi connectivity index (χ4n) is 3.43. The molecule has 1 N–H and O–H groups in total. The quantitative estimate of drug-likeness (QED) is 0.865. The molecule has 1 aliphatic carbocycles. The zero-order valence-electron chi connectivity index (χ0n) is 12.7. The van der Waals surface area contributed by atoms with Crippen molar-refractivity contribution in [2.24, 2.45) is 0 Å². The number of halogens is 1. The highest BCUT2D eigenvalue weighted by molar-refractivity contribution is 9.10. The van der Waals surface area contributed by atoms with E-state index in [-0.39, 0.29) is 0 Å². The summed E-state index contributed by atoms with van der Waals surface area (Å²) in [6.07, 6.45) is 8.78. The number of ether oxygens (including phenoxy) is 2. The average molecular weight is 354 g/mol. The van der Waals surface area contributed by atoms with Crippen molar-refractivity contribution in [2.75, 3.05) is 13.7 Å². The predicted octanol–water partition coefficient (Wildman–Crippen LogP) is 4.07. The second kappa shape index (κ2) is 7.01. The van der Waals surface area contributed by atoms with Gasteiger partial charge in [-0.2, -0.15) is 0 Å². The lowest BCUT2D eigenvalue weighted by atomic mass is 10.0. The Labute approximate surface area is 135 Å². The third-order valence-corrected chi connectivity index (χ3v) is 4.99. The van der Waals surface area contributed by atoms with Crippen molar-refractivity contribution in [3.05, 3.63) is 22.2 Å². The van der Waals surface area contributed by atoms with Crippen LogP contribution in [0.5, 0.6) is 11.5 Å². The van der Waals surface area contributed by atoms with E-state index in [0.29, 0.717) is 12.1 Å². The SMILES string of the molecule is COc1cc(Br)cc(CC2CCCN2)c1OC1CCCC1. The van der Waals surface area contributed by atoms with Gasteiger partial charge in [0.2, 0.25) is 0 Å². The lowest BCUT2D eigenvalue weighted by Gasteiger charge is -2.21. The summed E-state index contributed by atoms with van der Waals surface area (Å²) >= 11 is 3.59. The molecule has 0 bridgehead atoms. The highest BCUT2D eigenvalue weighted by Gasteiger charge is 2.23. The fraction of sp³-hybridized carbons (Fsp3) is 0.647. The molecule has 1 saturated heterocycles. The summed E-state index contributed by atoms with van der Waals surface area (Å²) in [6.45, 7) is 1.13. The van der Waals surface area contributed by atoms with Crippen LogP contribution in [0.15, 0.2) is 16.6 Å². The fourth-order valence-corrected chi connectivity index (χ4v) is 3.91. The first-order chi connectivity index (χ1) is 10.3. The van der Waals surface area contributed by atoms with Gasteiger partial charge in [-0.05, 0) is 63.6 Å². The molecule has 2 fully saturated rings. The van der Waals surface area contributed by atoms with Crippen molar-refractivity contribution in [2.45, 2.75) is 57.1 Å². The Morgan fingerprint density at radius 1 is 1.19 bits per heavy atom. The molecule has 1 unspecified atom stereocenters. The predicted molar refractivity (Wildman–Crippen MR) is 88.3 cm³/mol. The summed E-state index contributed by atoms with van der Waals surface area (Å²) in [5, 5.41) is 3.57. The molecule has 1 atom stereocenters. The van der Waals surface area contributed by atoms with Gasteiger partial charge in [0.25, 0.3) is 0 Å². The molecule has 2 aliphatic rings. The van der Waals surface area contributed by atoms with E-state index in [9.17, 15) is 0 Å². The molecule has 1 saturated carbocycles. The van der Waals surface area contributed by atoms with Gasteiger partial charge in [-0.15, -0.1) is 0 Å². The highest BCUT2D eigenvalue weighted by Crippen LogP contribution is 2.38. The van der Waals surface area contributed by atoms with E-state index in [4.69, 9.17) is 9.47 Å². The Morgan fingerprint density at radius 2 is 2.00 bits per heavy atom. The number of hydrogen-bond acceptors (Lipinski definition) is 3. The Balaban J connectivity index is 1.85. The monoisotopic (exact) mass is 353 g/mol. The van der Waals surface area contributed by atoms with Crippen molar-refractivity contribution < 1.29 is 9.47 Å². The standard InChI is InChI=1S/C17H24BrNO2/c1-20-16-11-13(18)9-12(10-14-5-4-8-19-14)17(16)21-15-6-2-3-7-15/h9,11,14-15,19H,2-8,10H2,1H3. The molecule has 3 rings (SSSR count). The summed E-state index contributed by atoms with van der Waals surface area (Å²) in [6, 6.07) is 4.76. The zero-order chi connectivity index (χ0) is 14.7. The van der Waals surface area contributed by atoms with E-state index in [1.165, 1.54) is 44.1 Å². The molecule has 4 heteroatoms. The van der Waals surface area contributed by atoms with Gasteiger partial charge < -0.3 is 14.8 Å².